The molecule has 3 fully saturated rings. The summed E-state index contributed by atoms with van der Waals surface area (Å²) in [5.41, 5.74) is 4.27. The van der Waals surface area contributed by atoms with Crippen LogP contribution in [0.2, 0.25) is 10.0 Å². The van der Waals surface area contributed by atoms with Gasteiger partial charge in [0.2, 0.25) is 0 Å². The van der Waals surface area contributed by atoms with Crippen LogP contribution in [-0.2, 0) is 15.9 Å². The first-order valence-electron chi connectivity index (χ1n) is 14.0. The molecule has 1 aromatic heterocycles. The maximum absolute atomic E-state index is 6.81. The number of aromatic nitrogens is 1. The molecule has 0 radical (unpaired) electrons. The van der Waals surface area contributed by atoms with Crippen LogP contribution in [-0.4, -0.2) is 56.1 Å². The second kappa shape index (κ2) is 13.0. The first-order chi connectivity index (χ1) is 18.1. The number of anilines is 2. The van der Waals surface area contributed by atoms with Gasteiger partial charge in [0, 0.05) is 72.5 Å². The first kappa shape index (κ1) is 27.0. The molecule has 8 heteroatoms. The highest BCUT2D eigenvalue weighted by Crippen LogP contribution is 2.40. The third-order valence-corrected chi connectivity index (χ3v) is 8.76. The number of nitrogens with one attached hydrogen (secondary N) is 3. The van der Waals surface area contributed by atoms with Gasteiger partial charge in [0.15, 0.2) is 0 Å². The lowest BCUT2D eigenvalue weighted by Crippen LogP contribution is -2.42. The van der Waals surface area contributed by atoms with Crippen LogP contribution in [0.25, 0.3) is 11.1 Å². The lowest BCUT2D eigenvalue weighted by Gasteiger charge is -2.31. The number of benzene rings is 1. The molecule has 1 saturated carbocycles. The highest BCUT2D eigenvalue weighted by atomic mass is 35.5. The number of halogens is 2. The number of pyridine rings is 1. The van der Waals surface area contributed by atoms with Gasteiger partial charge in [-0.3, -0.25) is 0 Å². The van der Waals surface area contributed by atoms with E-state index in [-0.39, 0.29) is 0 Å². The van der Waals surface area contributed by atoms with E-state index in [0.29, 0.717) is 29.1 Å². The second-order valence-corrected chi connectivity index (χ2v) is 11.5. The minimum absolute atomic E-state index is 0.410. The molecule has 5 rings (SSSR count). The van der Waals surface area contributed by atoms with E-state index < -0.39 is 0 Å². The topological polar surface area (TPSA) is 67.4 Å². The monoisotopic (exact) mass is 546 g/mol. The maximum atomic E-state index is 6.81. The van der Waals surface area contributed by atoms with Crippen LogP contribution in [0, 0.1) is 5.92 Å². The molecule has 1 atom stereocenters. The Bertz CT molecular complexity index is 1030. The Morgan fingerprint density at radius 3 is 2.38 bits per heavy atom. The largest absolute Gasteiger partial charge is 0.385 e. The van der Waals surface area contributed by atoms with Gasteiger partial charge in [-0.1, -0.05) is 30.1 Å². The number of hydrogen-bond acceptors (Lipinski definition) is 6. The average molecular weight is 548 g/mol. The van der Waals surface area contributed by atoms with E-state index in [1.165, 1.54) is 18.4 Å². The van der Waals surface area contributed by atoms with E-state index >= 15 is 0 Å². The third-order valence-electron chi connectivity index (χ3n) is 8.14. The summed E-state index contributed by atoms with van der Waals surface area (Å²) in [4.78, 5) is 4.62. The van der Waals surface area contributed by atoms with E-state index in [1.807, 2.05) is 6.07 Å². The highest BCUT2D eigenvalue weighted by Gasteiger charge is 2.25. The minimum Gasteiger partial charge on any atom is -0.385 e. The molecule has 0 bridgehead atoms. The molecular weight excluding hydrogens is 507 g/mol. The normalized spacial score (nSPS) is 24.8. The molecular formula is C29H40Cl2N4O2. The quantitative estimate of drug-likeness (QED) is 0.331. The van der Waals surface area contributed by atoms with Crippen LogP contribution >= 0.6 is 23.2 Å². The molecule has 3 aliphatic rings. The van der Waals surface area contributed by atoms with Gasteiger partial charge in [-0.2, -0.15) is 0 Å². The number of nitrogens with zero attached hydrogens (tertiary/aromatic N) is 1. The number of rotatable bonds is 9. The van der Waals surface area contributed by atoms with Gasteiger partial charge >= 0.3 is 0 Å². The van der Waals surface area contributed by atoms with Crippen LogP contribution in [0.5, 0.6) is 0 Å². The van der Waals surface area contributed by atoms with E-state index in [1.54, 1.807) is 6.20 Å². The molecule has 1 aliphatic carbocycles. The predicted molar refractivity (Wildman–Crippen MR) is 153 cm³/mol. The lowest BCUT2D eigenvalue weighted by atomic mass is 9.90. The molecule has 6 nitrogen and oxygen atoms in total. The van der Waals surface area contributed by atoms with Gasteiger partial charge in [-0.15, -0.1) is 0 Å². The summed E-state index contributed by atoms with van der Waals surface area (Å²) in [6.07, 6.45) is 10.5. The van der Waals surface area contributed by atoms with Crippen LogP contribution in [0.1, 0.15) is 57.4 Å². The smallest absolute Gasteiger partial charge is 0.126 e. The van der Waals surface area contributed by atoms with E-state index in [0.717, 1.165) is 99.2 Å². The Morgan fingerprint density at radius 2 is 1.65 bits per heavy atom. The molecule has 1 unspecified atom stereocenters. The van der Waals surface area contributed by atoms with Gasteiger partial charge in [0.25, 0.3) is 0 Å². The van der Waals surface area contributed by atoms with Crippen molar-refractivity contribution in [1.29, 1.82) is 0 Å². The summed E-state index contributed by atoms with van der Waals surface area (Å²) in [5, 5.41) is 12.5. The van der Waals surface area contributed by atoms with Crippen molar-refractivity contribution in [2.75, 3.05) is 43.6 Å². The second-order valence-electron chi connectivity index (χ2n) is 10.7. The zero-order chi connectivity index (χ0) is 25.6. The molecule has 2 aliphatic heterocycles. The Hall–Kier alpha value is -1.57. The molecule has 202 valence electrons. The molecule has 0 spiro atoms. The summed E-state index contributed by atoms with van der Waals surface area (Å²) in [6.45, 7) is 6.57. The Balaban J connectivity index is 1.27. The standard InChI is InChI=1S/C29H40Cl2N4O2/c1-2-23-27(32-16-19-9-12-36-13-10-19)8-7-25(30)29(23)24-15-28(33-17-26(24)31)35-21-5-3-20(4-6-21)34-22-11-14-37-18-22/h7-8,15,17,19-22,32,34H,2-6,9-14,16,18H2,1H3,(H,33,35). The number of ether oxygens (including phenoxy) is 2. The van der Waals surface area contributed by atoms with E-state index in [2.05, 4.69) is 40.0 Å². The zero-order valence-electron chi connectivity index (χ0n) is 21.8. The lowest BCUT2D eigenvalue weighted by molar-refractivity contribution is 0.0699. The fourth-order valence-corrected chi connectivity index (χ4v) is 6.45. The van der Waals surface area contributed by atoms with Crippen molar-refractivity contribution in [3.63, 3.8) is 0 Å². The summed E-state index contributed by atoms with van der Waals surface area (Å²) >= 11 is 13.5. The van der Waals surface area contributed by atoms with Gasteiger partial charge in [-0.05, 0) is 81.0 Å². The maximum Gasteiger partial charge on any atom is 0.126 e. The molecule has 2 saturated heterocycles. The van der Waals surface area contributed by atoms with Crippen molar-refractivity contribution in [2.45, 2.75) is 76.4 Å². The summed E-state index contributed by atoms with van der Waals surface area (Å²) in [6, 6.07) is 7.67. The molecule has 3 heterocycles. The van der Waals surface area contributed by atoms with Gasteiger partial charge in [0.1, 0.15) is 5.82 Å². The minimum atomic E-state index is 0.410. The first-order valence-corrected chi connectivity index (χ1v) is 14.8. The number of hydrogen-bond donors (Lipinski definition) is 3. The zero-order valence-corrected chi connectivity index (χ0v) is 23.3. The summed E-state index contributed by atoms with van der Waals surface area (Å²) in [7, 11) is 0. The highest BCUT2D eigenvalue weighted by molar-refractivity contribution is 6.36. The molecule has 2 aromatic rings. The van der Waals surface area contributed by atoms with Crippen LogP contribution in [0.3, 0.4) is 0 Å². The molecule has 1 aromatic carbocycles. The van der Waals surface area contributed by atoms with Crippen LogP contribution in [0.4, 0.5) is 11.5 Å². The SMILES string of the molecule is CCc1c(NCC2CCOCC2)ccc(Cl)c1-c1cc(NC2CCC(NC3CCOC3)CC2)ncc1Cl. The molecule has 37 heavy (non-hydrogen) atoms. The summed E-state index contributed by atoms with van der Waals surface area (Å²) < 4.78 is 11.0. The van der Waals surface area contributed by atoms with E-state index in [4.69, 9.17) is 32.7 Å². The van der Waals surface area contributed by atoms with Crippen molar-refractivity contribution in [2.24, 2.45) is 5.92 Å². The predicted octanol–water partition coefficient (Wildman–Crippen LogP) is 6.56. The molecule has 0 amide bonds. The Morgan fingerprint density at radius 1 is 0.892 bits per heavy atom. The van der Waals surface area contributed by atoms with Crippen LogP contribution in [0.15, 0.2) is 24.4 Å². The van der Waals surface area contributed by atoms with Crippen molar-refractivity contribution in [3.8, 4) is 11.1 Å². The molecule has 3 N–H and O–H groups in total. The van der Waals surface area contributed by atoms with Gasteiger partial charge in [-0.25, -0.2) is 4.98 Å². The fraction of sp³-hybridized carbons (Fsp3) is 0.621. The van der Waals surface area contributed by atoms with Crippen molar-refractivity contribution in [3.05, 3.63) is 40.0 Å². The summed E-state index contributed by atoms with van der Waals surface area (Å²) in [5.74, 6) is 1.49. The Labute approximate surface area is 231 Å². The van der Waals surface area contributed by atoms with Crippen molar-refractivity contribution >= 4 is 34.7 Å². The van der Waals surface area contributed by atoms with Crippen molar-refractivity contribution < 1.29 is 9.47 Å². The van der Waals surface area contributed by atoms with E-state index in [9.17, 15) is 0 Å². The van der Waals surface area contributed by atoms with Gasteiger partial charge < -0.3 is 25.4 Å². The Kier molecular flexibility index (Phi) is 9.48. The van der Waals surface area contributed by atoms with Gasteiger partial charge in [0.05, 0.1) is 11.6 Å². The fourth-order valence-electron chi connectivity index (χ4n) is 5.97. The van der Waals surface area contributed by atoms with Crippen LogP contribution < -0.4 is 16.0 Å². The third kappa shape index (κ3) is 6.90. The van der Waals surface area contributed by atoms with Crippen molar-refractivity contribution in [1.82, 2.24) is 10.3 Å². The average Bonchev–Trinajstić information content (AvgIpc) is 3.44.